The van der Waals surface area contributed by atoms with Gasteiger partial charge in [-0.25, -0.2) is 9.97 Å². The molecule has 3 heterocycles. The SMILES string of the molecule is Cc1cc2nc(CSc3nc4ccc(NC(=O)c5ccccc5Cl)cc4s3)cc(=O)n2o1. The third-order valence-corrected chi connectivity index (χ3v) is 7.14. The van der Waals surface area contributed by atoms with Crippen molar-refractivity contribution in [2.75, 3.05) is 5.32 Å². The number of thiazole rings is 1. The summed E-state index contributed by atoms with van der Waals surface area (Å²) in [5.41, 5.74) is 2.83. The molecule has 0 radical (unpaired) electrons. The Balaban J connectivity index is 1.32. The molecule has 0 saturated carbocycles. The lowest BCUT2D eigenvalue weighted by Gasteiger charge is -2.06. The molecule has 0 bridgehead atoms. The van der Waals surface area contributed by atoms with E-state index in [2.05, 4.69) is 15.3 Å². The van der Waals surface area contributed by atoms with Crippen LogP contribution in [0.25, 0.3) is 15.9 Å². The first kappa shape index (κ1) is 20.7. The van der Waals surface area contributed by atoms with Crippen LogP contribution in [0.5, 0.6) is 0 Å². The number of carbonyl (C=O) groups excluding carboxylic acids is 1. The average molecular weight is 483 g/mol. The van der Waals surface area contributed by atoms with Crippen LogP contribution in [-0.2, 0) is 5.75 Å². The Hall–Kier alpha value is -3.14. The maximum Gasteiger partial charge on any atom is 0.287 e. The fourth-order valence-corrected chi connectivity index (χ4v) is 5.39. The summed E-state index contributed by atoms with van der Waals surface area (Å²) in [6.45, 7) is 1.77. The summed E-state index contributed by atoms with van der Waals surface area (Å²) < 4.78 is 8.29. The highest BCUT2D eigenvalue weighted by atomic mass is 35.5. The highest BCUT2D eigenvalue weighted by Gasteiger charge is 2.12. The lowest BCUT2D eigenvalue weighted by Crippen LogP contribution is -2.12. The normalized spacial score (nSPS) is 11.3. The third-order valence-electron chi connectivity index (χ3n) is 4.61. The summed E-state index contributed by atoms with van der Waals surface area (Å²) in [6.07, 6.45) is 0. The molecule has 0 saturated heterocycles. The van der Waals surface area contributed by atoms with Gasteiger partial charge < -0.3 is 9.84 Å². The van der Waals surface area contributed by atoms with E-state index in [4.69, 9.17) is 16.1 Å². The van der Waals surface area contributed by atoms with Crippen LogP contribution in [0.4, 0.5) is 5.69 Å². The van der Waals surface area contributed by atoms with Crippen LogP contribution in [0.1, 0.15) is 21.8 Å². The van der Waals surface area contributed by atoms with Crippen molar-refractivity contribution in [1.29, 1.82) is 0 Å². The first-order valence-corrected chi connectivity index (χ1v) is 11.7. The van der Waals surface area contributed by atoms with Crippen molar-refractivity contribution in [3.8, 4) is 0 Å². The van der Waals surface area contributed by atoms with Gasteiger partial charge in [0.25, 0.3) is 11.5 Å². The fraction of sp³-hybridized carbons (Fsp3) is 0.0909. The minimum atomic E-state index is -0.267. The zero-order valence-corrected chi connectivity index (χ0v) is 19.1. The maximum atomic E-state index is 12.5. The van der Waals surface area contributed by atoms with Crippen LogP contribution >= 0.6 is 34.7 Å². The number of carbonyl (C=O) groups is 1. The van der Waals surface area contributed by atoms with Crippen molar-refractivity contribution < 1.29 is 9.32 Å². The van der Waals surface area contributed by atoms with E-state index in [-0.39, 0.29) is 11.5 Å². The number of benzene rings is 2. The molecule has 1 N–H and O–H groups in total. The van der Waals surface area contributed by atoms with Crippen molar-refractivity contribution in [2.45, 2.75) is 17.0 Å². The summed E-state index contributed by atoms with van der Waals surface area (Å²) in [7, 11) is 0. The lowest BCUT2D eigenvalue weighted by molar-refractivity contribution is 0.102. The Kier molecular flexibility index (Phi) is 5.46. The van der Waals surface area contributed by atoms with Gasteiger partial charge in [0.1, 0.15) is 5.76 Å². The molecular weight excluding hydrogens is 468 g/mol. The Morgan fingerprint density at radius 2 is 2.03 bits per heavy atom. The van der Waals surface area contributed by atoms with E-state index in [1.807, 2.05) is 18.2 Å². The minimum absolute atomic E-state index is 0.248. The second-order valence-corrected chi connectivity index (χ2v) is 9.63. The van der Waals surface area contributed by atoms with Gasteiger partial charge in [-0.15, -0.1) is 15.9 Å². The van der Waals surface area contributed by atoms with Gasteiger partial charge in [-0.2, -0.15) is 0 Å². The van der Waals surface area contributed by atoms with Crippen molar-refractivity contribution >= 4 is 62.2 Å². The van der Waals surface area contributed by atoms with Crippen LogP contribution < -0.4 is 10.9 Å². The predicted molar refractivity (Wildman–Crippen MR) is 127 cm³/mol. The fourth-order valence-electron chi connectivity index (χ4n) is 3.17. The molecule has 0 fully saturated rings. The standard InChI is InChI=1S/C22H15ClN4O3S2/c1-12-8-19-24-14(10-20(28)27(19)30-12)11-31-22-26-17-7-6-13(9-18(17)32-22)25-21(29)15-4-2-3-5-16(15)23/h2-10H,11H2,1H3,(H,25,29). The van der Waals surface area contributed by atoms with Gasteiger partial charge in [-0.1, -0.05) is 35.5 Å². The second-order valence-electron chi connectivity index (χ2n) is 6.97. The number of anilines is 1. The molecule has 3 aromatic heterocycles. The highest BCUT2D eigenvalue weighted by molar-refractivity contribution is 8.00. The Labute approximate surface area is 195 Å². The number of halogens is 1. The van der Waals surface area contributed by atoms with Gasteiger partial charge in [0.05, 0.1) is 26.5 Å². The second kappa shape index (κ2) is 8.42. The predicted octanol–water partition coefficient (Wildman–Crippen LogP) is 5.40. The van der Waals surface area contributed by atoms with Crippen LogP contribution in [0.3, 0.4) is 0 Å². The van der Waals surface area contributed by atoms with Gasteiger partial charge in [0.15, 0.2) is 9.99 Å². The molecule has 5 rings (SSSR count). The molecule has 0 unspecified atom stereocenters. The van der Waals surface area contributed by atoms with E-state index in [1.54, 1.807) is 37.3 Å². The first-order chi connectivity index (χ1) is 15.5. The van der Waals surface area contributed by atoms with Gasteiger partial charge in [-0.3, -0.25) is 9.59 Å². The molecular formula is C22H15ClN4O3S2. The highest BCUT2D eigenvalue weighted by Crippen LogP contribution is 2.33. The van der Waals surface area contributed by atoms with Gasteiger partial charge >= 0.3 is 0 Å². The van der Waals surface area contributed by atoms with Crippen molar-refractivity contribution in [3.63, 3.8) is 0 Å². The van der Waals surface area contributed by atoms with Crippen molar-refractivity contribution in [3.05, 3.63) is 87.0 Å². The molecule has 2 aromatic carbocycles. The summed E-state index contributed by atoms with van der Waals surface area (Å²) >= 11 is 9.13. The Morgan fingerprint density at radius 1 is 1.19 bits per heavy atom. The zero-order chi connectivity index (χ0) is 22.2. The van der Waals surface area contributed by atoms with E-state index in [0.717, 1.165) is 14.6 Å². The van der Waals surface area contributed by atoms with Crippen LogP contribution in [0.2, 0.25) is 5.02 Å². The van der Waals surface area contributed by atoms with E-state index < -0.39 is 0 Å². The maximum absolute atomic E-state index is 12.5. The van der Waals surface area contributed by atoms with Gasteiger partial charge in [0.2, 0.25) is 0 Å². The number of amides is 1. The number of thioether (sulfide) groups is 1. The molecule has 0 spiro atoms. The number of rotatable bonds is 5. The average Bonchev–Trinajstić information content (AvgIpc) is 3.34. The zero-order valence-electron chi connectivity index (χ0n) is 16.7. The quantitative estimate of drug-likeness (QED) is 0.337. The van der Waals surface area contributed by atoms with Crippen molar-refractivity contribution in [2.24, 2.45) is 0 Å². The van der Waals surface area contributed by atoms with E-state index >= 15 is 0 Å². The number of nitrogens with one attached hydrogen (secondary N) is 1. The number of aromatic nitrogens is 3. The molecule has 7 nitrogen and oxygen atoms in total. The van der Waals surface area contributed by atoms with E-state index in [0.29, 0.717) is 39.1 Å². The Morgan fingerprint density at radius 3 is 2.88 bits per heavy atom. The molecule has 160 valence electrons. The molecule has 0 aliphatic rings. The molecule has 0 aliphatic heterocycles. The summed E-state index contributed by atoms with van der Waals surface area (Å²) in [6, 6.07) is 15.7. The summed E-state index contributed by atoms with van der Waals surface area (Å²) in [5.74, 6) is 0.866. The molecule has 1 amide bonds. The smallest absolute Gasteiger partial charge is 0.287 e. The van der Waals surface area contributed by atoms with Crippen LogP contribution in [-0.4, -0.2) is 20.4 Å². The number of hydrogen-bond donors (Lipinski definition) is 1. The van der Waals surface area contributed by atoms with Crippen LogP contribution in [0.15, 0.2) is 68.3 Å². The van der Waals surface area contributed by atoms with E-state index in [9.17, 15) is 9.59 Å². The number of hydrogen-bond acceptors (Lipinski definition) is 7. The molecule has 0 aliphatic carbocycles. The molecule has 10 heteroatoms. The Bertz CT molecular complexity index is 1540. The molecule has 0 atom stereocenters. The summed E-state index contributed by atoms with van der Waals surface area (Å²) in [5, 5.41) is 3.28. The largest absolute Gasteiger partial charge is 0.375 e. The number of fused-ring (bicyclic) bond motifs is 2. The monoisotopic (exact) mass is 482 g/mol. The molecule has 5 aromatic rings. The lowest BCUT2D eigenvalue weighted by atomic mass is 10.2. The molecule has 32 heavy (non-hydrogen) atoms. The third kappa shape index (κ3) is 4.14. The minimum Gasteiger partial charge on any atom is -0.375 e. The van der Waals surface area contributed by atoms with Crippen molar-refractivity contribution in [1.82, 2.24) is 14.5 Å². The van der Waals surface area contributed by atoms with Crippen LogP contribution in [0, 0.1) is 6.92 Å². The summed E-state index contributed by atoms with van der Waals surface area (Å²) in [4.78, 5) is 33.8. The number of aryl methyl sites for hydroxylation is 1. The van der Waals surface area contributed by atoms with Gasteiger partial charge in [-0.05, 0) is 37.3 Å². The first-order valence-electron chi connectivity index (χ1n) is 9.55. The van der Waals surface area contributed by atoms with E-state index in [1.165, 1.54) is 33.7 Å². The topological polar surface area (TPSA) is 89.5 Å². The number of nitrogens with zero attached hydrogens (tertiary/aromatic N) is 3. The van der Waals surface area contributed by atoms with Gasteiger partial charge in [0, 0.05) is 23.6 Å².